The van der Waals surface area contributed by atoms with Crippen LogP contribution >= 0.6 is 0 Å². The molecule has 13 heavy (non-hydrogen) atoms. The molecule has 0 amide bonds. The lowest BCUT2D eigenvalue weighted by Crippen LogP contribution is -2.19. The Morgan fingerprint density at radius 2 is 2.00 bits per heavy atom. The van der Waals surface area contributed by atoms with Crippen molar-refractivity contribution >= 4 is 0 Å². The Labute approximate surface area is 74.5 Å². The van der Waals surface area contributed by atoms with Crippen LogP contribution in [0.2, 0.25) is 0 Å². The Kier molecular flexibility index (Phi) is 2.87. The zero-order chi connectivity index (χ0) is 9.90. The van der Waals surface area contributed by atoms with Crippen molar-refractivity contribution in [3.63, 3.8) is 0 Å². The summed E-state index contributed by atoms with van der Waals surface area (Å²) < 4.78 is 26.3. The second-order valence-corrected chi connectivity index (χ2v) is 2.67. The average Bonchev–Trinajstić information content (AvgIpc) is 2.04. The monoisotopic (exact) mass is 188 g/mol. The first kappa shape index (κ1) is 9.98. The highest BCUT2D eigenvalue weighted by atomic mass is 19.3. The second kappa shape index (κ2) is 3.74. The Morgan fingerprint density at radius 3 is 2.54 bits per heavy atom. The number of alkyl halides is 2. The third-order valence-electron chi connectivity index (χ3n) is 1.65. The highest BCUT2D eigenvalue weighted by molar-refractivity contribution is 5.14. The number of halogens is 2. The van der Waals surface area contributed by atoms with Gasteiger partial charge in [-0.25, -0.2) is 0 Å². The molecule has 0 bridgehead atoms. The molecule has 0 unspecified atom stereocenters. The topological polar surface area (TPSA) is 46.0 Å². The maximum Gasteiger partial charge on any atom is 0.293 e. The smallest absolute Gasteiger partial charge is 0.293 e. The van der Waals surface area contributed by atoms with E-state index in [0.29, 0.717) is 0 Å². The van der Waals surface area contributed by atoms with Gasteiger partial charge in [-0.05, 0) is 6.92 Å². The number of hydrogen-bond donors (Lipinski definition) is 1. The van der Waals surface area contributed by atoms with Crippen LogP contribution in [0.1, 0.15) is 17.8 Å². The molecule has 0 spiro atoms. The van der Waals surface area contributed by atoms with E-state index in [1.807, 2.05) is 0 Å². The van der Waals surface area contributed by atoms with Gasteiger partial charge in [0.1, 0.15) is 5.69 Å². The highest BCUT2D eigenvalue weighted by Gasteiger charge is 2.34. The van der Waals surface area contributed by atoms with Gasteiger partial charge < -0.3 is 5.11 Å². The van der Waals surface area contributed by atoms with Crippen molar-refractivity contribution in [2.45, 2.75) is 19.3 Å². The molecule has 1 aromatic rings. The lowest BCUT2D eigenvalue weighted by molar-refractivity contribution is -0.0319. The summed E-state index contributed by atoms with van der Waals surface area (Å²) in [6.45, 7) is 0.899. The summed E-state index contributed by atoms with van der Waals surface area (Å²) in [4.78, 5) is 7.25. The standard InChI is InChI=1S/C8H10F2N2O/c1-6-7(12-4-3-11-6)8(9,10)2-5-13/h3-4,13H,2,5H2,1H3. The van der Waals surface area contributed by atoms with E-state index < -0.39 is 19.0 Å². The largest absolute Gasteiger partial charge is 0.396 e. The first-order chi connectivity index (χ1) is 6.08. The van der Waals surface area contributed by atoms with Crippen LogP contribution in [0.15, 0.2) is 12.4 Å². The molecule has 0 aliphatic rings. The van der Waals surface area contributed by atoms with Crippen molar-refractivity contribution in [3.8, 4) is 0 Å². The van der Waals surface area contributed by atoms with Crippen LogP contribution in [-0.2, 0) is 5.92 Å². The first-order valence-corrected chi connectivity index (χ1v) is 3.84. The number of hydrogen-bond acceptors (Lipinski definition) is 3. The van der Waals surface area contributed by atoms with E-state index in [2.05, 4.69) is 9.97 Å². The Morgan fingerprint density at radius 1 is 1.38 bits per heavy atom. The Bertz CT molecular complexity index is 291. The lowest BCUT2D eigenvalue weighted by Gasteiger charge is -2.15. The number of aliphatic hydroxyl groups is 1. The number of rotatable bonds is 3. The average molecular weight is 188 g/mol. The van der Waals surface area contributed by atoms with E-state index in [0.717, 1.165) is 0 Å². The minimum absolute atomic E-state index is 0.195. The predicted molar refractivity (Wildman–Crippen MR) is 42.4 cm³/mol. The minimum atomic E-state index is -3.09. The van der Waals surface area contributed by atoms with Gasteiger partial charge in [0.2, 0.25) is 0 Å². The molecule has 0 aliphatic heterocycles. The molecule has 0 aromatic carbocycles. The molecule has 1 heterocycles. The van der Waals surface area contributed by atoms with Gasteiger partial charge in [0.05, 0.1) is 5.69 Å². The Balaban J connectivity index is 2.99. The van der Waals surface area contributed by atoms with Crippen LogP contribution in [0.4, 0.5) is 8.78 Å². The van der Waals surface area contributed by atoms with Crippen molar-refractivity contribution in [3.05, 3.63) is 23.8 Å². The minimum Gasteiger partial charge on any atom is -0.396 e. The zero-order valence-corrected chi connectivity index (χ0v) is 7.17. The summed E-state index contributed by atoms with van der Waals surface area (Å²) in [6.07, 6.45) is 1.95. The molecular weight excluding hydrogens is 178 g/mol. The summed E-state index contributed by atoms with van der Waals surface area (Å²) >= 11 is 0. The predicted octanol–water partition coefficient (Wildman–Crippen LogP) is 1.26. The molecule has 1 rings (SSSR count). The van der Waals surface area contributed by atoms with Gasteiger partial charge in [-0.15, -0.1) is 0 Å². The molecule has 3 nitrogen and oxygen atoms in total. The fourth-order valence-corrected chi connectivity index (χ4v) is 1.03. The van der Waals surface area contributed by atoms with Gasteiger partial charge in [0.15, 0.2) is 0 Å². The van der Waals surface area contributed by atoms with Gasteiger partial charge in [-0.3, -0.25) is 9.97 Å². The molecule has 72 valence electrons. The van der Waals surface area contributed by atoms with Gasteiger partial charge in [0.25, 0.3) is 5.92 Å². The van der Waals surface area contributed by atoms with Crippen LogP contribution in [0, 0.1) is 6.92 Å². The van der Waals surface area contributed by atoms with Gasteiger partial charge in [-0.1, -0.05) is 0 Å². The summed E-state index contributed by atoms with van der Waals surface area (Å²) in [6, 6.07) is 0. The number of aromatic nitrogens is 2. The maximum absolute atomic E-state index is 13.2. The van der Waals surface area contributed by atoms with Crippen LogP contribution in [0.5, 0.6) is 0 Å². The van der Waals surface area contributed by atoms with Crippen molar-refractivity contribution < 1.29 is 13.9 Å². The highest BCUT2D eigenvalue weighted by Crippen LogP contribution is 2.30. The number of aryl methyl sites for hydroxylation is 1. The van der Waals surface area contributed by atoms with E-state index in [1.54, 1.807) is 0 Å². The van der Waals surface area contributed by atoms with Gasteiger partial charge in [-0.2, -0.15) is 8.78 Å². The molecule has 0 fully saturated rings. The van der Waals surface area contributed by atoms with Crippen molar-refractivity contribution in [1.82, 2.24) is 9.97 Å². The third-order valence-corrected chi connectivity index (χ3v) is 1.65. The molecular formula is C8H10F2N2O. The second-order valence-electron chi connectivity index (χ2n) is 2.67. The fourth-order valence-electron chi connectivity index (χ4n) is 1.03. The molecule has 0 aliphatic carbocycles. The quantitative estimate of drug-likeness (QED) is 0.776. The molecule has 1 N–H and O–H groups in total. The molecule has 0 saturated carbocycles. The summed E-state index contributed by atoms with van der Waals surface area (Å²) in [7, 11) is 0. The molecule has 5 heteroatoms. The normalized spacial score (nSPS) is 11.7. The summed E-state index contributed by atoms with van der Waals surface area (Å²) in [5.74, 6) is -3.09. The molecule has 0 radical (unpaired) electrons. The fraction of sp³-hybridized carbons (Fsp3) is 0.500. The molecule has 0 atom stereocenters. The van der Waals surface area contributed by atoms with Gasteiger partial charge in [0, 0.05) is 25.4 Å². The lowest BCUT2D eigenvalue weighted by atomic mass is 10.1. The van der Waals surface area contributed by atoms with Crippen LogP contribution in [-0.4, -0.2) is 21.7 Å². The van der Waals surface area contributed by atoms with Crippen molar-refractivity contribution in [2.75, 3.05) is 6.61 Å². The Hall–Kier alpha value is -1.10. The van der Waals surface area contributed by atoms with Gasteiger partial charge >= 0.3 is 0 Å². The number of nitrogens with zero attached hydrogens (tertiary/aromatic N) is 2. The van der Waals surface area contributed by atoms with E-state index in [1.165, 1.54) is 19.3 Å². The molecule has 1 aromatic heterocycles. The van der Waals surface area contributed by atoms with E-state index >= 15 is 0 Å². The zero-order valence-electron chi connectivity index (χ0n) is 7.17. The maximum atomic E-state index is 13.2. The SMILES string of the molecule is Cc1nccnc1C(F)(F)CCO. The van der Waals surface area contributed by atoms with Crippen molar-refractivity contribution in [2.24, 2.45) is 0 Å². The van der Waals surface area contributed by atoms with Crippen LogP contribution in [0.25, 0.3) is 0 Å². The summed E-state index contributed by atoms with van der Waals surface area (Å²) in [5.41, 5.74) is -0.162. The first-order valence-electron chi connectivity index (χ1n) is 3.84. The van der Waals surface area contributed by atoms with E-state index in [4.69, 9.17) is 5.11 Å². The van der Waals surface area contributed by atoms with Crippen molar-refractivity contribution in [1.29, 1.82) is 0 Å². The van der Waals surface area contributed by atoms with E-state index in [-0.39, 0.29) is 11.4 Å². The third kappa shape index (κ3) is 2.18. The van der Waals surface area contributed by atoms with Crippen LogP contribution in [0.3, 0.4) is 0 Å². The number of aliphatic hydroxyl groups excluding tert-OH is 1. The van der Waals surface area contributed by atoms with Crippen LogP contribution < -0.4 is 0 Å². The van der Waals surface area contributed by atoms with E-state index in [9.17, 15) is 8.78 Å². The molecule has 0 saturated heterocycles. The summed E-state index contributed by atoms with van der Waals surface area (Å²) in [5, 5.41) is 8.43.